The van der Waals surface area contributed by atoms with Crippen molar-refractivity contribution in [1.29, 1.82) is 0 Å². The zero-order valence-corrected chi connectivity index (χ0v) is 18.9. The van der Waals surface area contributed by atoms with Gasteiger partial charge in [0.2, 0.25) is 0 Å². The molecule has 0 radical (unpaired) electrons. The molecule has 3 aromatic carbocycles. The van der Waals surface area contributed by atoms with Crippen LogP contribution < -0.4 is 14.4 Å². The van der Waals surface area contributed by atoms with Crippen LogP contribution in [0.3, 0.4) is 0 Å². The van der Waals surface area contributed by atoms with Gasteiger partial charge in [0.05, 0.1) is 28.9 Å². The standard InChI is InChI=1S/C22H18ClF3N2O4S/c1-28(33(30,31)20-13-14(22(24,25)26)7-12-18(20)23)19-6-4-3-5-17(19)21(29)27-15-8-10-16(32-2)11-9-15/h3-13H,1-2H3,(H,27,29). The minimum absolute atomic E-state index is 0.0116. The van der Waals surface area contributed by atoms with Crippen LogP contribution >= 0.6 is 11.6 Å². The molecule has 174 valence electrons. The van der Waals surface area contributed by atoms with Crippen LogP contribution in [0, 0.1) is 0 Å². The first-order chi connectivity index (χ1) is 15.4. The van der Waals surface area contributed by atoms with Crippen LogP contribution in [0.15, 0.2) is 71.6 Å². The zero-order valence-electron chi connectivity index (χ0n) is 17.4. The van der Waals surface area contributed by atoms with E-state index < -0.39 is 32.6 Å². The van der Waals surface area contributed by atoms with Crippen LogP contribution in [-0.4, -0.2) is 28.5 Å². The lowest BCUT2D eigenvalue weighted by Crippen LogP contribution is -2.29. The summed E-state index contributed by atoms with van der Waals surface area (Å²) in [5.41, 5.74) is -0.786. The maximum absolute atomic E-state index is 13.2. The lowest BCUT2D eigenvalue weighted by atomic mass is 10.1. The fraction of sp³-hybridized carbons (Fsp3) is 0.136. The van der Waals surface area contributed by atoms with E-state index in [9.17, 15) is 26.4 Å². The van der Waals surface area contributed by atoms with Crippen LogP contribution in [0.5, 0.6) is 5.75 Å². The molecule has 33 heavy (non-hydrogen) atoms. The maximum atomic E-state index is 13.2. The van der Waals surface area contributed by atoms with Gasteiger partial charge in [-0.2, -0.15) is 13.2 Å². The van der Waals surface area contributed by atoms with Crippen molar-refractivity contribution in [3.8, 4) is 5.75 Å². The molecule has 0 saturated heterocycles. The molecule has 6 nitrogen and oxygen atoms in total. The summed E-state index contributed by atoms with van der Waals surface area (Å²) in [7, 11) is -1.91. The van der Waals surface area contributed by atoms with Gasteiger partial charge in [-0.15, -0.1) is 0 Å². The summed E-state index contributed by atoms with van der Waals surface area (Å²) < 4.78 is 71.5. The first kappa shape index (κ1) is 24.4. The van der Waals surface area contributed by atoms with E-state index in [1.54, 1.807) is 24.3 Å². The number of amides is 1. The third kappa shape index (κ3) is 5.23. The number of sulfonamides is 1. The minimum atomic E-state index is -4.76. The number of anilines is 2. The predicted octanol–water partition coefficient (Wildman–Crippen LogP) is 5.44. The highest BCUT2D eigenvalue weighted by Crippen LogP contribution is 2.35. The number of ether oxygens (including phenoxy) is 1. The van der Waals surface area contributed by atoms with E-state index >= 15 is 0 Å². The number of alkyl halides is 3. The quantitative estimate of drug-likeness (QED) is 0.490. The summed E-state index contributed by atoms with van der Waals surface area (Å²) in [6.45, 7) is 0. The summed E-state index contributed by atoms with van der Waals surface area (Å²) in [5, 5.41) is 2.27. The van der Waals surface area contributed by atoms with E-state index in [-0.39, 0.29) is 16.3 Å². The van der Waals surface area contributed by atoms with Crippen LogP contribution in [0.1, 0.15) is 15.9 Å². The first-order valence-electron chi connectivity index (χ1n) is 9.35. The molecule has 11 heteroatoms. The van der Waals surface area contributed by atoms with Crippen LogP contribution in [0.4, 0.5) is 24.5 Å². The Kier molecular flexibility index (Phi) is 6.89. The Morgan fingerprint density at radius 3 is 2.27 bits per heavy atom. The van der Waals surface area contributed by atoms with Gasteiger partial charge in [0.25, 0.3) is 15.9 Å². The number of rotatable bonds is 6. The third-order valence-corrected chi connectivity index (χ3v) is 6.99. The number of nitrogens with one attached hydrogen (secondary N) is 1. The van der Waals surface area contributed by atoms with Gasteiger partial charge in [0.1, 0.15) is 10.6 Å². The molecule has 0 saturated carbocycles. The van der Waals surface area contributed by atoms with Crippen LogP contribution in [0.25, 0.3) is 0 Å². The molecule has 0 spiro atoms. The smallest absolute Gasteiger partial charge is 0.416 e. The highest BCUT2D eigenvalue weighted by Gasteiger charge is 2.34. The number of nitrogens with zero attached hydrogens (tertiary/aromatic N) is 1. The largest absolute Gasteiger partial charge is 0.497 e. The van der Waals surface area contributed by atoms with Crippen molar-refractivity contribution >= 4 is 38.9 Å². The van der Waals surface area contributed by atoms with Gasteiger partial charge in [0.15, 0.2) is 0 Å². The second kappa shape index (κ2) is 9.32. The van der Waals surface area contributed by atoms with Crippen molar-refractivity contribution in [2.75, 3.05) is 23.8 Å². The lowest BCUT2D eigenvalue weighted by molar-refractivity contribution is -0.137. The van der Waals surface area contributed by atoms with Gasteiger partial charge in [-0.05, 0) is 54.6 Å². The fourth-order valence-corrected chi connectivity index (χ4v) is 4.68. The number of para-hydroxylation sites is 1. The van der Waals surface area contributed by atoms with Gasteiger partial charge >= 0.3 is 6.18 Å². The van der Waals surface area contributed by atoms with E-state index in [2.05, 4.69) is 5.32 Å². The van der Waals surface area contributed by atoms with Gasteiger partial charge in [-0.25, -0.2) is 8.42 Å². The number of methoxy groups -OCH3 is 1. The summed E-state index contributed by atoms with van der Waals surface area (Å²) in [6.07, 6.45) is -4.76. The van der Waals surface area contributed by atoms with Crippen molar-refractivity contribution in [3.05, 3.63) is 82.9 Å². The molecule has 0 heterocycles. The Labute approximate surface area is 193 Å². The summed E-state index contributed by atoms with van der Waals surface area (Å²) in [4.78, 5) is 12.1. The van der Waals surface area contributed by atoms with Crippen LogP contribution in [-0.2, 0) is 16.2 Å². The van der Waals surface area contributed by atoms with E-state index in [0.717, 1.165) is 17.4 Å². The highest BCUT2D eigenvalue weighted by atomic mass is 35.5. The SMILES string of the molecule is COc1ccc(NC(=O)c2ccccc2N(C)S(=O)(=O)c2cc(C(F)(F)F)ccc2Cl)cc1. The zero-order chi connectivity index (χ0) is 24.4. The van der Waals surface area contributed by atoms with E-state index in [1.807, 2.05) is 0 Å². The molecule has 0 aromatic heterocycles. The van der Waals surface area contributed by atoms with E-state index in [4.69, 9.17) is 16.3 Å². The number of hydrogen-bond acceptors (Lipinski definition) is 4. The Bertz CT molecular complexity index is 1280. The summed E-state index contributed by atoms with van der Waals surface area (Å²) in [6, 6.07) is 14.3. The Hall–Kier alpha value is -3.24. The molecule has 3 rings (SSSR count). The van der Waals surface area contributed by atoms with E-state index in [0.29, 0.717) is 23.6 Å². The maximum Gasteiger partial charge on any atom is 0.416 e. The van der Waals surface area contributed by atoms with Gasteiger partial charge in [-0.3, -0.25) is 9.10 Å². The number of halogens is 4. The minimum Gasteiger partial charge on any atom is -0.497 e. The van der Waals surface area contributed by atoms with Crippen LogP contribution in [0.2, 0.25) is 5.02 Å². The van der Waals surface area contributed by atoms with Crippen molar-refractivity contribution in [1.82, 2.24) is 0 Å². The molecular formula is C22H18ClF3N2O4S. The normalized spacial score (nSPS) is 11.7. The van der Waals surface area contributed by atoms with Crippen molar-refractivity contribution in [3.63, 3.8) is 0 Å². The fourth-order valence-electron chi connectivity index (χ4n) is 2.97. The number of carbonyl (C=O) groups excluding carboxylic acids is 1. The van der Waals surface area contributed by atoms with Gasteiger partial charge < -0.3 is 10.1 Å². The topological polar surface area (TPSA) is 75.7 Å². The summed E-state index contributed by atoms with van der Waals surface area (Å²) in [5.74, 6) is -0.0369. The summed E-state index contributed by atoms with van der Waals surface area (Å²) >= 11 is 5.93. The molecule has 0 aliphatic rings. The van der Waals surface area contributed by atoms with Gasteiger partial charge in [-0.1, -0.05) is 23.7 Å². The monoisotopic (exact) mass is 498 g/mol. The van der Waals surface area contributed by atoms with E-state index in [1.165, 1.54) is 31.4 Å². The van der Waals surface area contributed by atoms with Crippen molar-refractivity contribution < 1.29 is 31.1 Å². The van der Waals surface area contributed by atoms with Crippen molar-refractivity contribution in [2.24, 2.45) is 0 Å². The first-order valence-corrected chi connectivity index (χ1v) is 11.2. The molecule has 1 amide bonds. The lowest BCUT2D eigenvalue weighted by Gasteiger charge is -2.23. The number of benzene rings is 3. The number of hydrogen-bond donors (Lipinski definition) is 1. The molecule has 0 atom stereocenters. The molecular weight excluding hydrogens is 481 g/mol. The molecule has 0 aliphatic heterocycles. The second-order valence-corrected chi connectivity index (χ2v) is 9.16. The molecule has 3 aromatic rings. The average molecular weight is 499 g/mol. The third-order valence-electron chi connectivity index (χ3n) is 4.73. The molecule has 1 N–H and O–H groups in total. The second-order valence-electron chi connectivity index (χ2n) is 6.82. The molecule has 0 bridgehead atoms. The molecule has 0 fully saturated rings. The average Bonchev–Trinajstić information content (AvgIpc) is 2.78. The highest BCUT2D eigenvalue weighted by molar-refractivity contribution is 7.93. The Morgan fingerprint density at radius 2 is 1.67 bits per heavy atom. The Morgan fingerprint density at radius 1 is 1.03 bits per heavy atom. The number of carbonyl (C=O) groups is 1. The molecule has 0 unspecified atom stereocenters. The molecule has 0 aliphatic carbocycles. The van der Waals surface area contributed by atoms with Crippen molar-refractivity contribution in [2.45, 2.75) is 11.1 Å². The Balaban J connectivity index is 1.98. The predicted molar refractivity (Wildman–Crippen MR) is 119 cm³/mol. The van der Waals surface area contributed by atoms with Gasteiger partial charge in [0, 0.05) is 12.7 Å².